The third-order valence-electron chi connectivity index (χ3n) is 3.03. The number of aryl methyl sites for hydroxylation is 1. The van der Waals surface area contributed by atoms with Gasteiger partial charge in [-0.3, -0.25) is 4.90 Å². The van der Waals surface area contributed by atoms with Crippen LogP contribution in [-0.4, -0.2) is 29.8 Å². The molecule has 5 nitrogen and oxygen atoms in total. The van der Waals surface area contributed by atoms with Crippen LogP contribution in [0.2, 0.25) is 0 Å². The minimum atomic E-state index is -1.01. The molecule has 0 radical (unpaired) electrons. The summed E-state index contributed by atoms with van der Waals surface area (Å²) in [6, 6.07) is 6.42. The maximum Gasteiger partial charge on any atom is 0.415 e. The van der Waals surface area contributed by atoms with Crippen molar-refractivity contribution in [1.29, 1.82) is 0 Å². The molecule has 18 heavy (non-hydrogen) atoms. The topological polar surface area (TPSA) is 66.8 Å². The third-order valence-corrected chi connectivity index (χ3v) is 3.03. The van der Waals surface area contributed by atoms with E-state index in [1.807, 2.05) is 19.1 Å². The van der Waals surface area contributed by atoms with Crippen molar-refractivity contribution in [3.63, 3.8) is 0 Å². The lowest BCUT2D eigenvalue weighted by molar-refractivity contribution is -0.139. The number of ether oxygens (including phenoxy) is 1. The van der Waals surface area contributed by atoms with Crippen molar-refractivity contribution in [1.82, 2.24) is 0 Å². The van der Waals surface area contributed by atoms with Gasteiger partial charge in [-0.15, -0.1) is 0 Å². The van der Waals surface area contributed by atoms with Crippen LogP contribution < -0.4 is 4.90 Å². The fourth-order valence-electron chi connectivity index (χ4n) is 2.00. The molecule has 1 aliphatic rings. The number of cyclic esters (lactones) is 1. The molecule has 5 heteroatoms. The number of hydrogen-bond donors (Lipinski definition) is 1. The van der Waals surface area contributed by atoms with Crippen LogP contribution in [0, 0.1) is 0 Å². The molecular formula is C13H15NO4. The van der Waals surface area contributed by atoms with Crippen LogP contribution in [0.1, 0.15) is 18.9 Å². The molecule has 0 aliphatic carbocycles. The van der Waals surface area contributed by atoms with Gasteiger partial charge in [0.25, 0.3) is 0 Å². The number of carbonyl (C=O) groups excluding carboxylic acids is 1. The van der Waals surface area contributed by atoms with Crippen LogP contribution in [0.4, 0.5) is 10.5 Å². The van der Waals surface area contributed by atoms with E-state index >= 15 is 0 Å². The first-order valence-electron chi connectivity index (χ1n) is 5.91. The van der Waals surface area contributed by atoms with E-state index < -0.39 is 18.1 Å². The number of carboxylic acid groups (broad SMARTS) is 1. The highest BCUT2D eigenvalue weighted by molar-refractivity contribution is 5.96. The Bertz CT molecular complexity index is 455. The van der Waals surface area contributed by atoms with Crippen LogP contribution in [0.15, 0.2) is 24.3 Å². The zero-order chi connectivity index (χ0) is 13.1. The lowest BCUT2D eigenvalue weighted by Crippen LogP contribution is -2.50. The first kappa shape index (κ1) is 12.4. The Balaban J connectivity index is 2.31. The van der Waals surface area contributed by atoms with Gasteiger partial charge < -0.3 is 9.84 Å². The molecule has 1 saturated heterocycles. The van der Waals surface area contributed by atoms with Crippen molar-refractivity contribution in [2.45, 2.75) is 25.8 Å². The van der Waals surface area contributed by atoms with Crippen LogP contribution >= 0.6 is 0 Å². The van der Waals surface area contributed by atoms with Crippen molar-refractivity contribution in [2.24, 2.45) is 0 Å². The normalized spacial score (nSPS) is 19.5. The average molecular weight is 249 g/mol. The number of aliphatic carboxylic acids is 1. The largest absolute Gasteiger partial charge is 0.480 e. The Labute approximate surface area is 105 Å². The minimum Gasteiger partial charge on any atom is -0.480 e. The SMILES string of the molecule is CCc1ccc(N2C(=O)OCCC2C(=O)O)cc1. The highest BCUT2D eigenvalue weighted by Crippen LogP contribution is 2.24. The van der Waals surface area contributed by atoms with Gasteiger partial charge >= 0.3 is 12.1 Å². The van der Waals surface area contributed by atoms with Gasteiger partial charge in [0.2, 0.25) is 0 Å². The molecule has 1 unspecified atom stereocenters. The van der Waals surface area contributed by atoms with Crippen molar-refractivity contribution < 1.29 is 19.4 Å². The summed E-state index contributed by atoms with van der Waals surface area (Å²) in [5.74, 6) is -1.01. The summed E-state index contributed by atoms with van der Waals surface area (Å²) in [6.45, 7) is 2.18. The molecule has 1 atom stereocenters. The third kappa shape index (κ3) is 2.30. The molecule has 1 aliphatic heterocycles. The number of hydrogen-bond acceptors (Lipinski definition) is 3. The smallest absolute Gasteiger partial charge is 0.415 e. The van der Waals surface area contributed by atoms with Crippen LogP contribution in [0.25, 0.3) is 0 Å². The number of carboxylic acids is 1. The van der Waals surface area contributed by atoms with Crippen molar-refractivity contribution in [3.8, 4) is 0 Å². The Morgan fingerprint density at radius 2 is 2.11 bits per heavy atom. The summed E-state index contributed by atoms with van der Waals surface area (Å²) in [5, 5.41) is 9.14. The van der Waals surface area contributed by atoms with Gasteiger partial charge in [-0.1, -0.05) is 19.1 Å². The molecular weight excluding hydrogens is 234 g/mol. The first-order chi connectivity index (χ1) is 8.63. The second-order valence-electron chi connectivity index (χ2n) is 4.15. The average Bonchev–Trinajstić information content (AvgIpc) is 2.38. The van der Waals surface area contributed by atoms with E-state index in [0.29, 0.717) is 12.1 Å². The number of rotatable bonds is 3. The Hall–Kier alpha value is -2.04. The molecule has 1 aromatic carbocycles. The maximum atomic E-state index is 11.7. The van der Waals surface area contributed by atoms with Gasteiger partial charge in [0.05, 0.1) is 6.61 Å². The van der Waals surface area contributed by atoms with E-state index in [0.717, 1.165) is 12.0 Å². The summed E-state index contributed by atoms with van der Waals surface area (Å²) >= 11 is 0. The van der Waals surface area contributed by atoms with Crippen molar-refractivity contribution in [3.05, 3.63) is 29.8 Å². The molecule has 96 valence electrons. The second-order valence-corrected chi connectivity index (χ2v) is 4.15. The molecule has 0 saturated carbocycles. The van der Waals surface area contributed by atoms with E-state index in [-0.39, 0.29) is 6.61 Å². The predicted molar refractivity (Wildman–Crippen MR) is 65.7 cm³/mol. The van der Waals surface area contributed by atoms with Gasteiger partial charge in [0.1, 0.15) is 6.04 Å². The highest BCUT2D eigenvalue weighted by Gasteiger charge is 2.35. The van der Waals surface area contributed by atoms with Crippen LogP contribution in [0.3, 0.4) is 0 Å². The highest BCUT2D eigenvalue weighted by atomic mass is 16.6. The molecule has 1 aromatic rings. The second kappa shape index (κ2) is 5.08. The number of nitrogens with zero attached hydrogens (tertiary/aromatic N) is 1. The quantitative estimate of drug-likeness (QED) is 0.890. The van der Waals surface area contributed by atoms with Gasteiger partial charge in [-0.05, 0) is 24.1 Å². The molecule has 2 rings (SSSR count). The molecule has 0 bridgehead atoms. The van der Waals surface area contributed by atoms with E-state index in [2.05, 4.69) is 0 Å². The molecule has 0 spiro atoms. The summed E-state index contributed by atoms with van der Waals surface area (Å²) in [5.41, 5.74) is 1.69. The van der Waals surface area contributed by atoms with E-state index in [1.165, 1.54) is 4.90 Å². The summed E-state index contributed by atoms with van der Waals surface area (Å²) in [7, 11) is 0. The van der Waals surface area contributed by atoms with E-state index in [1.54, 1.807) is 12.1 Å². The van der Waals surface area contributed by atoms with Crippen molar-refractivity contribution in [2.75, 3.05) is 11.5 Å². The zero-order valence-corrected chi connectivity index (χ0v) is 10.1. The number of amides is 1. The van der Waals surface area contributed by atoms with Gasteiger partial charge in [0.15, 0.2) is 0 Å². The molecule has 1 heterocycles. The lowest BCUT2D eigenvalue weighted by Gasteiger charge is -2.32. The number of benzene rings is 1. The summed E-state index contributed by atoms with van der Waals surface area (Å²) in [4.78, 5) is 24.1. The van der Waals surface area contributed by atoms with E-state index in [9.17, 15) is 9.59 Å². The first-order valence-corrected chi connectivity index (χ1v) is 5.91. The van der Waals surface area contributed by atoms with Gasteiger partial charge in [-0.2, -0.15) is 0 Å². The molecule has 1 amide bonds. The fraction of sp³-hybridized carbons (Fsp3) is 0.385. The van der Waals surface area contributed by atoms with Crippen LogP contribution in [-0.2, 0) is 16.0 Å². The Kier molecular flexibility index (Phi) is 3.50. The molecule has 0 aromatic heterocycles. The van der Waals surface area contributed by atoms with Crippen molar-refractivity contribution >= 4 is 17.7 Å². The standard InChI is InChI=1S/C13H15NO4/c1-2-9-3-5-10(6-4-9)14-11(12(15)16)7-8-18-13(14)17/h3-6,11H,2,7-8H2,1H3,(H,15,16). The van der Waals surface area contributed by atoms with Gasteiger partial charge in [0, 0.05) is 12.1 Å². The minimum absolute atomic E-state index is 0.152. The monoisotopic (exact) mass is 249 g/mol. The van der Waals surface area contributed by atoms with Gasteiger partial charge in [-0.25, -0.2) is 9.59 Å². The lowest BCUT2D eigenvalue weighted by atomic mass is 10.1. The Morgan fingerprint density at radius 3 is 2.67 bits per heavy atom. The Morgan fingerprint density at radius 1 is 1.44 bits per heavy atom. The maximum absolute atomic E-state index is 11.7. The van der Waals surface area contributed by atoms with E-state index in [4.69, 9.17) is 9.84 Å². The fourth-order valence-corrected chi connectivity index (χ4v) is 2.00. The zero-order valence-electron chi connectivity index (χ0n) is 10.1. The van der Waals surface area contributed by atoms with Crippen LogP contribution in [0.5, 0.6) is 0 Å². The number of carbonyl (C=O) groups is 2. The summed E-state index contributed by atoms with van der Waals surface area (Å²) in [6.07, 6.45) is 0.599. The molecule has 1 N–H and O–H groups in total. The predicted octanol–water partition coefficient (Wildman–Crippen LogP) is 2.05. The molecule has 1 fully saturated rings. The summed E-state index contributed by atoms with van der Waals surface area (Å²) < 4.78 is 4.91. The number of anilines is 1.